The third kappa shape index (κ3) is 2.88. The molecule has 19 heavy (non-hydrogen) atoms. The van der Waals surface area contributed by atoms with Crippen LogP contribution in [0.1, 0.15) is 21.6 Å². The number of hydrogen-bond acceptors (Lipinski definition) is 2. The molecule has 0 aliphatic carbocycles. The first-order chi connectivity index (χ1) is 8.30. The third-order valence-electron chi connectivity index (χ3n) is 2.53. The zero-order valence-corrected chi connectivity index (χ0v) is 9.25. The fourth-order valence-corrected chi connectivity index (χ4v) is 1.73. The quantitative estimate of drug-likeness (QED) is 0.816. The summed E-state index contributed by atoms with van der Waals surface area (Å²) in [5.74, 6) is -1.30. The highest BCUT2D eigenvalue weighted by Crippen LogP contribution is 2.35. The number of carboxylic acids is 1. The van der Waals surface area contributed by atoms with Crippen LogP contribution in [0.5, 0.6) is 0 Å². The largest absolute Gasteiger partial charge is 0.478 e. The molecule has 1 aromatic carbocycles. The fourth-order valence-electron chi connectivity index (χ4n) is 1.73. The van der Waals surface area contributed by atoms with Crippen LogP contribution in [-0.4, -0.2) is 33.4 Å². The molecule has 0 saturated heterocycles. The van der Waals surface area contributed by atoms with Gasteiger partial charge in [-0.25, -0.2) is 4.79 Å². The van der Waals surface area contributed by atoms with Gasteiger partial charge in [0.2, 0.25) is 0 Å². The summed E-state index contributed by atoms with van der Waals surface area (Å²) in [4.78, 5) is 14.9. The number of carbonyl (C=O) groups is 1. The van der Waals surface area contributed by atoms with Gasteiger partial charge in [0.1, 0.15) is 0 Å². The molecule has 1 heterocycles. The van der Waals surface area contributed by atoms with Crippen molar-refractivity contribution in [3.63, 3.8) is 0 Å². The standard InChI is InChI=1S/C12H8F3NO2.Al.3H/c1-6-2-3-7-9(12(13,14)15)5-4-8(11(17)18)10(7)16-6;;;;/h2-5H,1H3,(H,17,18);;;;. The van der Waals surface area contributed by atoms with Gasteiger partial charge in [-0.15, -0.1) is 0 Å². The minimum atomic E-state index is -4.54. The number of fused-ring (bicyclic) bond motifs is 1. The Balaban J connectivity index is 0.00000180. The number of alkyl halides is 3. The maximum atomic E-state index is 12.8. The molecule has 0 aliphatic heterocycles. The second kappa shape index (κ2) is 5.19. The van der Waals surface area contributed by atoms with E-state index in [9.17, 15) is 18.0 Å². The topological polar surface area (TPSA) is 50.2 Å². The zero-order valence-electron chi connectivity index (χ0n) is 9.25. The number of halogens is 3. The van der Waals surface area contributed by atoms with Gasteiger partial charge in [-0.1, -0.05) is 6.07 Å². The summed E-state index contributed by atoms with van der Waals surface area (Å²) in [6.07, 6.45) is -4.54. The Kier molecular flexibility index (Phi) is 4.23. The number of aromatic carboxylic acids is 1. The highest BCUT2D eigenvalue weighted by molar-refractivity contribution is 6.02. The molecule has 1 aromatic heterocycles. The molecule has 0 bridgehead atoms. The Morgan fingerprint density at radius 3 is 2.37 bits per heavy atom. The molecule has 0 fully saturated rings. The Morgan fingerprint density at radius 1 is 1.21 bits per heavy atom. The molecule has 3 nitrogen and oxygen atoms in total. The number of carboxylic acid groups (broad SMARTS) is 1. The summed E-state index contributed by atoms with van der Waals surface area (Å²) in [6, 6.07) is 4.36. The Morgan fingerprint density at radius 2 is 1.84 bits per heavy atom. The van der Waals surface area contributed by atoms with Gasteiger partial charge in [0.25, 0.3) is 0 Å². The number of rotatable bonds is 1. The second-order valence-corrected chi connectivity index (χ2v) is 3.81. The lowest BCUT2D eigenvalue weighted by atomic mass is 10.0. The zero-order chi connectivity index (χ0) is 13.5. The van der Waals surface area contributed by atoms with E-state index < -0.39 is 17.7 Å². The number of benzene rings is 1. The highest BCUT2D eigenvalue weighted by atomic mass is 27.0. The van der Waals surface area contributed by atoms with E-state index in [0.717, 1.165) is 12.1 Å². The predicted octanol–water partition coefficient (Wildman–Crippen LogP) is 2.08. The molecule has 2 rings (SSSR count). The summed E-state index contributed by atoms with van der Waals surface area (Å²) in [5, 5.41) is 8.75. The van der Waals surface area contributed by atoms with Crippen molar-refractivity contribution in [3.8, 4) is 0 Å². The minimum absolute atomic E-state index is 0. The first-order valence-electron chi connectivity index (χ1n) is 5.01. The lowest BCUT2D eigenvalue weighted by molar-refractivity contribution is -0.136. The Hall–Kier alpha value is -1.58. The fraction of sp³-hybridized carbons (Fsp3) is 0.167. The van der Waals surface area contributed by atoms with E-state index in [1.54, 1.807) is 6.92 Å². The summed E-state index contributed by atoms with van der Waals surface area (Å²) >= 11 is 0. The Bertz CT molecular complexity index is 641. The molecule has 0 radical (unpaired) electrons. The molecule has 2 aromatic rings. The van der Waals surface area contributed by atoms with Crippen LogP contribution in [0.2, 0.25) is 0 Å². The van der Waals surface area contributed by atoms with Gasteiger partial charge in [-0.2, -0.15) is 13.2 Å². The van der Waals surface area contributed by atoms with Gasteiger partial charge < -0.3 is 5.11 Å². The van der Waals surface area contributed by atoms with Crippen molar-refractivity contribution in [1.29, 1.82) is 0 Å². The molecule has 1 N–H and O–H groups in total. The molecule has 0 saturated carbocycles. The highest BCUT2D eigenvalue weighted by Gasteiger charge is 2.33. The van der Waals surface area contributed by atoms with Crippen molar-refractivity contribution >= 4 is 34.2 Å². The lowest BCUT2D eigenvalue weighted by Crippen LogP contribution is -2.09. The van der Waals surface area contributed by atoms with Crippen LogP contribution >= 0.6 is 0 Å². The number of nitrogens with zero attached hydrogens (tertiary/aromatic N) is 1. The molecule has 100 valence electrons. The molecular weight excluding hydrogens is 274 g/mol. The number of hydrogen-bond donors (Lipinski definition) is 1. The summed E-state index contributed by atoms with van der Waals surface area (Å²) in [5.41, 5.74) is -0.793. The lowest BCUT2D eigenvalue weighted by Gasteiger charge is -2.11. The molecule has 0 atom stereocenters. The van der Waals surface area contributed by atoms with Crippen LogP contribution in [-0.2, 0) is 6.18 Å². The summed E-state index contributed by atoms with van der Waals surface area (Å²) in [7, 11) is 0. The van der Waals surface area contributed by atoms with E-state index in [1.807, 2.05) is 0 Å². The van der Waals surface area contributed by atoms with E-state index in [4.69, 9.17) is 5.11 Å². The van der Waals surface area contributed by atoms with Crippen LogP contribution in [0.15, 0.2) is 24.3 Å². The van der Waals surface area contributed by atoms with Gasteiger partial charge in [0.05, 0.1) is 16.6 Å². The SMILES string of the molecule is Cc1ccc2c(C(F)(F)F)ccc(C(=O)O)c2n1.[AlH3]. The van der Waals surface area contributed by atoms with E-state index in [-0.39, 0.29) is 33.8 Å². The van der Waals surface area contributed by atoms with E-state index in [1.165, 1.54) is 12.1 Å². The molecule has 0 aliphatic rings. The number of aromatic nitrogens is 1. The number of aryl methyl sites for hydroxylation is 1. The molecule has 0 unspecified atom stereocenters. The smallest absolute Gasteiger partial charge is 0.417 e. The first-order valence-corrected chi connectivity index (χ1v) is 5.01. The van der Waals surface area contributed by atoms with Crippen molar-refractivity contribution in [3.05, 3.63) is 41.1 Å². The van der Waals surface area contributed by atoms with Crippen molar-refractivity contribution in [1.82, 2.24) is 4.98 Å². The predicted molar refractivity (Wildman–Crippen MR) is 68.4 cm³/mol. The minimum Gasteiger partial charge on any atom is -0.478 e. The maximum absolute atomic E-state index is 12.8. The van der Waals surface area contributed by atoms with Crippen LogP contribution in [0, 0.1) is 6.92 Å². The summed E-state index contributed by atoms with van der Waals surface area (Å²) < 4.78 is 38.3. The van der Waals surface area contributed by atoms with Crippen molar-refractivity contribution in [2.45, 2.75) is 13.1 Å². The van der Waals surface area contributed by atoms with E-state index in [0.29, 0.717) is 5.69 Å². The van der Waals surface area contributed by atoms with Gasteiger partial charge in [-0.3, -0.25) is 4.98 Å². The van der Waals surface area contributed by atoms with Crippen molar-refractivity contribution < 1.29 is 23.1 Å². The van der Waals surface area contributed by atoms with E-state index >= 15 is 0 Å². The van der Waals surface area contributed by atoms with Crippen molar-refractivity contribution in [2.75, 3.05) is 0 Å². The average Bonchev–Trinajstić information content (AvgIpc) is 2.25. The van der Waals surface area contributed by atoms with E-state index in [2.05, 4.69) is 4.98 Å². The second-order valence-electron chi connectivity index (χ2n) is 3.81. The van der Waals surface area contributed by atoms with Gasteiger partial charge in [0, 0.05) is 11.1 Å². The van der Waals surface area contributed by atoms with Crippen molar-refractivity contribution in [2.24, 2.45) is 0 Å². The van der Waals surface area contributed by atoms with Crippen LogP contribution in [0.25, 0.3) is 10.9 Å². The summed E-state index contributed by atoms with van der Waals surface area (Å²) in [6.45, 7) is 1.59. The monoisotopic (exact) mass is 285 g/mol. The maximum Gasteiger partial charge on any atom is 0.417 e. The van der Waals surface area contributed by atoms with Gasteiger partial charge >= 0.3 is 12.1 Å². The van der Waals surface area contributed by atoms with Crippen LogP contribution < -0.4 is 0 Å². The Labute approximate surface area is 117 Å². The molecule has 0 spiro atoms. The van der Waals surface area contributed by atoms with Gasteiger partial charge in [-0.05, 0) is 25.1 Å². The molecule has 7 heteroatoms. The third-order valence-corrected chi connectivity index (χ3v) is 2.53. The van der Waals surface area contributed by atoms with Gasteiger partial charge in [0.15, 0.2) is 17.4 Å². The normalized spacial score (nSPS) is 11.2. The molecular formula is C12H11AlF3NO2. The molecule has 0 amide bonds. The van der Waals surface area contributed by atoms with Crippen LogP contribution in [0.4, 0.5) is 13.2 Å². The average molecular weight is 285 g/mol. The van der Waals surface area contributed by atoms with Crippen LogP contribution in [0.3, 0.4) is 0 Å². The first kappa shape index (κ1) is 15.5. The number of pyridine rings is 1.